The Morgan fingerprint density at radius 2 is 1.13 bits per heavy atom. The van der Waals surface area contributed by atoms with Gasteiger partial charge < -0.3 is 4.74 Å². The Bertz CT molecular complexity index is 1530. The van der Waals surface area contributed by atoms with Crippen molar-refractivity contribution in [3.05, 3.63) is 124 Å². The quantitative estimate of drug-likeness (QED) is 0.145. The Labute approximate surface area is 210 Å². The lowest BCUT2D eigenvalue weighted by Gasteiger charge is -2.19. The third-order valence-electron chi connectivity index (χ3n) is 5.30. The average Bonchev–Trinajstić information content (AvgIpc) is 2.81. The molecule has 194 valence electrons. The van der Waals surface area contributed by atoms with Crippen LogP contribution in [0.25, 0.3) is 11.1 Å². The molecule has 38 heavy (non-hydrogen) atoms. The van der Waals surface area contributed by atoms with Crippen molar-refractivity contribution >= 4 is 0 Å². The van der Waals surface area contributed by atoms with Gasteiger partial charge in [-0.25, -0.2) is 30.7 Å². The maximum Gasteiger partial charge on any atom is 0.432 e. The van der Waals surface area contributed by atoms with E-state index in [1.54, 1.807) is 24.3 Å². The number of alkyl halides is 2. The van der Waals surface area contributed by atoms with Gasteiger partial charge in [0.2, 0.25) is 0 Å². The molecule has 10 heteroatoms. The van der Waals surface area contributed by atoms with Crippen LogP contribution in [-0.2, 0) is 6.11 Å². The van der Waals surface area contributed by atoms with Gasteiger partial charge in [-0.15, -0.1) is 0 Å². The van der Waals surface area contributed by atoms with E-state index in [0.717, 1.165) is 17.7 Å². The lowest BCUT2D eigenvalue weighted by molar-refractivity contribution is -0.189. The molecule has 0 aliphatic heterocycles. The minimum Gasteiger partial charge on any atom is -0.429 e. The molecule has 1 nitrogen and oxygen atoms in total. The maximum absolute atomic E-state index is 14.6. The lowest BCUT2D eigenvalue weighted by atomic mass is 10.0. The van der Waals surface area contributed by atoms with E-state index in [1.807, 2.05) is 6.92 Å². The zero-order chi connectivity index (χ0) is 27.8. The van der Waals surface area contributed by atoms with Crippen LogP contribution in [0.4, 0.5) is 39.5 Å². The molecular weight excluding hydrogens is 523 g/mol. The molecule has 0 fully saturated rings. The second kappa shape index (κ2) is 10.2. The molecular formula is C28H13F9O. The van der Waals surface area contributed by atoms with Crippen molar-refractivity contribution in [2.45, 2.75) is 13.0 Å². The van der Waals surface area contributed by atoms with E-state index in [4.69, 9.17) is 0 Å². The largest absolute Gasteiger partial charge is 0.432 e. The van der Waals surface area contributed by atoms with Gasteiger partial charge in [-0.2, -0.15) is 8.78 Å². The van der Waals surface area contributed by atoms with Gasteiger partial charge in [0.1, 0.15) is 34.6 Å². The molecule has 0 radical (unpaired) electrons. The maximum atomic E-state index is 14.6. The molecule has 0 amide bonds. The van der Waals surface area contributed by atoms with Crippen molar-refractivity contribution in [2.24, 2.45) is 0 Å². The number of halogens is 9. The van der Waals surface area contributed by atoms with Crippen LogP contribution >= 0.6 is 0 Å². The molecule has 0 heterocycles. The highest BCUT2D eigenvalue weighted by atomic mass is 19.3. The van der Waals surface area contributed by atoms with Gasteiger partial charge in [-0.3, -0.25) is 0 Å². The summed E-state index contributed by atoms with van der Waals surface area (Å²) in [7, 11) is 0. The molecule has 0 aliphatic rings. The summed E-state index contributed by atoms with van der Waals surface area (Å²) in [4.78, 5) is 0. The summed E-state index contributed by atoms with van der Waals surface area (Å²) in [5.41, 5.74) is -1.53. The van der Waals surface area contributed by atoms with E-state index in [2.05, 4.69) is 16.6 Å². The topological polar surface area (TPSA) is 9.23 Å². The number of aryl methyl sites for hydroxylation is 1. The van der Waals surface area contributed by atoms with E-state index >= 15 is 0 Å². The van der Waals surface area contributed by atoms with E-state index in [1.165, 1.54) is 0 Å². The third-order valence-corrected chi connectivity index (χ3v) is 5.30. The highest BCUT2D eigenvalue weighted by Gasteiger charge is 2.41. The zero-order valence-corrected chi connectivity index (χ0v) is 19.1. The van der Waals surface area contributed by atoms with E-state index in [-0.39, 0.29) is 17.7 Å². The second-order valence-electron chi connectivity index (χ2n) is 8.07. The van der Waals surface area contributed by atoms with E-state index in [9.17, 15) is 39.5 Å². The first-order valence-corrected chi connectivity index (χ1v) is 10.6. The second-order valence-corrected chi connectivity index (χ2v) is 8.07. The van der Waals surface area contributed by atoms with Crippen LogP contribution in [0.3, 0.4) is 0 Å². The fourth-order valence-corrected chi connectivity index (χ4v) is 3.45. The first-order chi connectivity index (χ1) is 17.9. The number of benzene rings is 4. The summed E-state index contributed by atoms with van der Waals surface area (Å²) >= 11 is 0. The van der Waals surface area contributed by atoms with Gasteiger partial charge in [0.25, 0.3) is 0 Å². The van der Waals surface area contributed by atoms with Gasteiger partial charge in [0, 0.05) is 17.7 Å². The highest BCUT2D eigenvalue weighted by molar-refractivity contribution is 5.65. The van der Waals surface area contributed by atoms with Crippen molar-refractivity contribution in [1.29, 1.82) is 0 Å². The van der Waals surface area contributed by atoms with Gasteiger partial charge in [0.05, 0.1) is 5.56 Å². The summed E-state index contributed by atoms with van der Waals surface area (Å²) < 4.78 is 131. The Morgan fingerprint density at radius 1 is 0.605 bits per heavy atom. The van der Waals surface area contributed by atoms with Crippen molar-refractivity contribution in [2.75, 3.05) is 0 Å². The van der Waals surface area contributed by atoms with Gasteiger partial charge in [-0.05, 0) is 42.3 Å². The first kappa shape index (κ1) is 26.7. The van der Waals surface area contributed by atoms with Crippen LogP contribution in [0.15, 0.2) is 60.7 Å². The summed E-state index contributed by atoms with van der Waals surface area (Å²) in [6, 6.07) is 9.67. The normalized spacial score (nSPS) is 11.2. The summed E-state index contributed by atoms with van der Waals surface area (Å²) in [6.07, 6.45) is -4.79. The molecule has 0 bridgehead atoms. The van der Waals surface area contributed by atoms with Crippen molar-refractivity contribution in [3.63, 3.8) is 0 Å². The van der Waals surface area contributed by atoms with Crippen LogP contribution in [0.5, 0.6) is 5.75 Å². The smallest absolute Gasteiger partial charge is 0.429 e. The minimum atomic E-state index is -4.79. The summed E-state index contributed by atoms with van der Waals surface area (Å²) in [5, 5.41) is 0. The Hall–Kier alpha value is -4.39. The van der Waals surface area contributed by atoms with Crippen LogP contribution in [0, 0.1) is 59.5 Å². The molecule has 4 rings (SSSR count). The number of hydrogen-bond donors (Lipinski definition) is 0. The van der Waals surface area contributed by atoms with Crippen molar-refractivity contribution < 1.29 is 44.3 Å². The van der Waals surface area contributed by atoms with Crippen LogP contribution in [0.1, 0.15) is 22.3 Å². The van der Waals surface area contributed by atoms with Gasteiger partial charge in [0.15, 0.2) is 17.5 Å². The molecule has 4 aromatic carbocycles. The number of ether oxygens (including phenoxy) is 1. The molecule has 0 aliphatic carbocycles. The third kappa shape index (κ3) is 5.47. The Balaban J connectivity index is 1.63. The standard InChI is InChI=1S/C28H13F9O/c1-14-2-5-16(6-3-14)17-10-20(29)19(21(30)11-17)7-4-15-8-22(31)26(23(32)9-15)28(36,37)38-18-12-24(33)27(35)25(34)13-18/h2-3,5-6,8-13H,1H3. The fourth-order valence-electron chi connectivity index (χ4n) is 3.45. The molecule has 0 N–H and O–H groups in total. The Morgan fingerprint density at radius 3 is 1.66 bits per heavy atom. The van der Waals surface area contributed by atoms with Crippen molar-refractivity contribution in [3.8, 4) is 28.7 Å². The molecule has 0 atom stereocenters. The lowest BCUT2D eigenvalue weighted by Crippen LogP contribution is -2.25. The van der Waals surface area contributed by atoms with Gasteiger partial charge in [-0.1, -0.05) is 41.7 Å². The average molecular weight is 536 g/mol. The zero-order valence-electron chi connectivity index (χ0n) is 19.1. The SMILES string of the molecule is Cc1ccc(-c2cc(F)c(C#Cc3cc(F)c(C(F)(F)Oc4cc(F)c(F)c(F)c4)c(F)c3)c(F)c2)cc1. The van der Waals surface area contributed by atoms with E-state index < -0.39 is 69.3 Å². The van der Waals surface area contributed by atoms with Crippen LogP contribution in [0.2, 0.25) is 0 Å². The molecule has 0 saturated carbocycles. The molecule has 0 saturated heterocycles. The molecule has 0 unspecified atom stereocenters. The summed E-state index contributed by atoms with van der Waals surface area (Å²) in [6.45, 7) is 1.84. The van der Waals surface area contributed by atoms with Crippen LogP contribution < -0.4 is 4.74 Å². The van der Waals surface area contributed by atoms with Crippen LogP contribution in [-0.4, -0.2) is 0 Å². The number of hydrogen-bond acceptors (Lipinski definition) is 1. The Kier molecular flexibility index (Phi) is 7.14. The van der Waals surface area contributed by atoms with E-state index in [0.29, 0.717) is 17.7 Å². The van der Waals surface area contributed by atoms with Crippen molar-refractivity contribution in [1.82, 2.24) is 0 Å². The number of rotatable bonds is 4. The molecule has 4 aromatic rings. The fraction of sp³-hybridized carbons (Fsp3) is 0.0714. The predicted octanol–water partition coefficient (Wildman–Crippen LogP) is 8.16. The van der Waals surface area contributed by atoms with Gasteiger partial charge >= 0.3 is 6.11 Å². The predicted molar refractivity (Wildman–Crippen MR) is 120 cm³/mol. The summed E-state index contributed by atoms with van der Waals surface area (Å²) in [5.74, 6) is -8.63. The highest BCUT2D eigenvalue weighted by Crippen LogP contribution is 2.36. The minimum absolute atomic E-state index is 0.0647. The first-order valence-electron chi connectivity index (χ1n) is 10.6. The molecule has 0 spiro atoms. The molecule has 0 aromatic heterocycles. The monoisotopic (exact) mass is 536 g/mol.